The summed E-state index contributed by atoms with van der Waals surface area (Å²) in [4.78, 5) is 24.0. The van der Waals surface area contributed by atoms with Gasteiger partial charge in [0, 0.05) is 12.0 Å². The SMILES string of the molecule is COc1cc(-c2nc(C3CC3)c(C(=O)O)s2)ncn1. The molecule has 0 spiro atoms. The summed E-state index contributed by atoms with van der Waals surface area (Å²) in [5.41, 5.74) is 1.27. The Kier molecular flexibility index (Phi) is 2.90. The van der Waals surface area contributed by atoms with Gasteiger partial charge in [-0.05, 0) is 12.8 Å². The number of carboxylic acid groups (broad SMARTS) is 1. The Labute approximate surface area is 113 Å². The third-order valence-corrected chi connectivity index (χ3v) is 3.96. The zero-order chi connectivity index (χ0) is 13.4. The summed E-state index contributed by atoms with van der Waals surface area (Å²) in [6.07, 6.45) is 3.40. The smallest absolute Gasteiger partial charge is 0.347 e. The number of rotatable bonds is 4. The van der Waals surface area contributed by atoms with Crippen molar-refractivity contribution in [3.05, 3.63) is 23.0 Å². The highest BCUT2D eigenvalue weighted by atomic mass is 32.1. The van der Waals surface area contributed by atoms with E-state index in [1.54, 1.807) is 6.07 Å². The largest absolute Gasteiger partial charge is 0.481 e. The van der Waals surface area contributed by atoms with Crippen LogP contribution in [0.2, 0.25) is 0 Å². The Morgan fingerprint density at radius 1 is 1.47 bits per heavy atom. The number of aromatic carboxylic acids is 1. The quantitative estimate of drug-likeness (QED) is 0.922. The lowest BCUT2D eigenvalue weighted by molar-refractivity contribution is 0.0700. The molecule has 0 amide bonds. The summed E-state index contributed by atoms with van der Waals surface area (Å²) >= 11 is 1.15. The van der Waals surface area contributed by atoms with Gasteiger partial charge in [-0.15, -0.1) is 11.3 Å². The van der Waals surface area contributed by atoms with Crippen molar-refractivity contribution < 1.29 is 14.6 Å². The van der Waals surface area contributed by atoms with Gasteiger partial charge in [0.15, 0.2) is 0 Å². The van der Waals surface area contributed by atoms with Crippen LogP contribution in [0.3, 0.4) is 0 Å². The average molecular weight is 277 g/mol. The van der Waals surface area contributed by atoms with Gasteiger partial charge in [-0.2, -0.15) is 0 Å². The highest BCUT2D eigenvalue weighted by Gasteiger charge is 2.32. The highest BCUT2D eigenvalue weighted by molar-refractivity contribution is 7.17. The van der Waals surface area contributed by atoms with Gasteiger partial charge in [-0.25, -0.2) is 19.7 Å². The second-order valence-electron chi connectivity index (χ2n) is 4.26. The molecule has 0 aliphatic heterocycles. The van der Waals surface area contributed by atoms with Gasteiger partial charge in [0.25, 0.3) is 0 Å². The lowest BCUT2D eigenvalue weighted by atomic mass is 10.2. The van der Waals surface area contributed by atoms with Crippen LogP contribution in [0.5, 0.6) is 5.88 Å². The molecule has 0 aromatic carbocycles. The molecule has 6 nitrogen and oxygen atoms in total. The maximum Gasteiger partial charge on any atom is 0.347 e. The van der Waals surface area contributed by atoms with E-state index in [1.165, 1.54) is 13.4 Å². The molecule has 19 heavy (non-hydrogen) atoms. The van der Waals surface area contributed by atoms with Crippen molar-refractivity contribution in [1.29, 1.82) is 0 Å². The third kappa shape index (κ3) is 2.28. The molecular weight excluding hydrogens is 266 g/mol. The fraction of sp³-hybridized carbons (Fsp3) is 0.333. The Balaban J connectivity index is 2.04. The molecule has 0 radical (unpaired) electrons. The first-order valence-electron chi connectivity index (χ1n) is 5.79. The number of hydrogen-bond donors (Lipinski definition) is 1. The maximum atomic E-state index is 11.2. The molecule has 1 N–H and O–H groups in total. The molecule has 2 aromatic rings. The minimum absolute atomic E-state index is 0.292. The van der Waals surface area contributed by atoms with Crippen LogP contribution in [0.1, 0.15) is 34.1 Å². The molecule has 2 aromatic heterocycles. The van der Waals surface area contributed by atoms with Gasteiger partial charge in [0.1, 0.15) is 21.9 Å². The summed E-state index contributed by atoms with van der Waals surface area (Å²) in [6, 6.07) is 1.65. The first-order valence-corrected chi connectivity index (χ1v) is 6.61. The number of hydrogen-bond acceptors (Lipinski definition) is 6. The van der Waals surface area contributed by atoms with Crippen LogP contribution in [0.15, 0.2) is 12.4 Å². The number of thiazole rings is 1. The van der Waals surface area contributed by atoms with Crippen molar-refractivity contribution in [1.82, 2.24) is 15.0 Å². The van der Waals surface area contributed by atoms with Crippen LogP contribution in [0, 0.1) is 0 Å². The number of ether oxygens (including phenoxy) is 1. The summed E-state index contributed by atoms with van der Waals surface area (Å²) < 4.78 is 5.03. The fourth-order valence-electron chi connectivity index (χ4n) is 1.80. The average Bonchev–Trinajstić information content (AvgIpc) is 3.17. The van der Waals surface area contributed by atoms with Crippen molar-refractivity contribution in [2.45, 2.75) is 18.8 Å². The summed E-state index contributed by atoms with van der Waals surface area (Å²) in [5.74, 6) is -0.198. The lowest BCUT2D eigenvalue weighted by Crippen LogP contribution is -1.97. The molecule has 0 atom stereocenters. The summed E-state index contributed by atoms with van der Waals surface area (Å²) in [7, 11) is 1.52. The summed E-state index contributed by atoms with van der Waals surface area (Å²) in [5, 5.41) is 9.81. The predicted octanol–water partition coefficient (Wildman–Crippen LogP) is 2.18. The zero-order valence-electron chi connectivity index (χ0n) is 10.2. The molecule has 7 heteroatoms. The molecule has 2 heterocycles. The van der Waals surface area contributed by atoms with Crippen molar-refractivity contribution >= 4 is 17.3 Å². The molecule has 1 aliphatic rings. The van der Waals surface area contributed by atoms with Crippen LogP contribution in [0.25, 0.3) is 10.7 Å². The normalized spacial score (nSPS) is 14.4. The monoisotopic (exact) mass is 277 g/mol. The molecule has 0 saturated heterocycles. The van der Waals surface area contributed by atoms with Crippen LogP contribution in [-0.2, 0) is 0 Å². The van der Waals surface area contributed by atoms with E-state index < -0.39 is 5.97 Å². The van der Waals surface area contributed by atoms with E-state index >= 15 is 0 Å². The van der Waals surface area contributed by atoms with E-state index in [0.717, 1.165) is 24.2 Å². The van der Waals surface area contributed by atoms with Crippen molar-refractivity contribution in [3.8, 4) is 16.6 Å². The van der Waals surface area contributed by atoms with E-state index in [0.29, 0.717) is 33.1 Å². The van der Waals surface area contributed by atoms with Crippen LogP contribution in [-0.4, -0.2) is 33.1 Å². The van der Waals surface area contributed by atoms with E-state index in [9.17, 15) is 9.90 Å². The first kappa shape index (κ1) is 12.0. The van der Waals surface area contributed by atoms with Crippen molar-refractivity contribution in [3.63, 3.8) is 0 Å². The zero-order valence-corrected chi connectivity index (χ0v) is 11.0. The van der Waals surface area contributed by atoms with Gasteiger partial charge in [0.2, 0.25) is 5.88 Å². The van der Waals surface area contributed by atoms with Crippen LogP contribution < -0.4 is 4.74 Å². The molecular formula is C12H11N3O3S. The predicted molar refractivity (Wildman–Crippen MR) is 68.6 cm³/mol. The van der Waals surface area contributed by atoms with Crippen LogP contribution in [0.4, 0.5) is 0 Å². The first-order chi connectivity index (χ1) is 9.19. The Morgan fingerprint density at radius 3 is 2.89 bits per heavy atom. The standard InChI is InChI=1S/C12H11N3O3S/c1-18-8-4-7(13-5-14-8)11-15-9(6-2-3-6)10(19-11)12(16)17/h4-6H,2-3H2,1H3,(H,16,17). The van der Waals surface area contributed by atoms with E-state index in [1.807, 2.05) is 0 Å². The van der Waals surface area contributed by atoms with Crippen molar-refractivity contribution in [2.24, 2.45) is 0 Å². The topological polar surface area (TPSA) is 85.2 Å². The van der Waals surface area contributed by atoms with Gasteiger partial charge in [0.05, 0.1) is 12.8 Å². The molecule has 3 rings (SSSR count). The highest BCUT2D eigenvalue weighted by Crippen LogP contribution is 2.44. The maximum absolute atomic E-state index is 11.2. The molecule has 1 saturated carbocycles. The Morgan fingerprint density at radius 2 is 2.26 bits per heavy atom. The minimum atomic E-state index is -0.924. The molecule has 0 unspecified atom stereocenters. The van der Waals surface area contributed by atoms with E-state index in [4.69, 9.17) is 4.74 Å². The van der Waals surface area contributed by atoms with Gasteiger partial charge >= 0.3 is 5.97 Å². The van der Waals surface area contributed by atoms with Gasteiger partial charge < -0.3 is 9.84 Å². The molecule has 0 bridgehead atoms. The third-order valence-electron chi connectivity index (χ3n) is 2.88. The van der Waals surface area contributed by atoms with Gasteiger partial charge in [-0.1, -0.05) is 0 Å². The lowest BCUT2D eigenvalue weighted by Gasteiger charge is -1.98. The number of aromatic nitrogens is 3. The number of carbonyl (C=O) groups is 1. The Hall–Kier alpha value is -2.02. The van der Waals surface area contributed by atoms with Crippen molar-refractivity contribution in [2.75, 3.05) is 7.11 Å². The Bertz CT molecular complexity index is 637. The molecule has 1 fully saturated rings. The minimum Gasteiger partial charge on any atom is -0.481 e. The number of nitrogens with zero attached hydrogens (tertiary/aromatic N) is 3. The molecule has 1 aliphatic carbocycles. The summed E-state index contributed by atoms with van der Waals surface area (Å²) in [6.45, 7) is 0. The van der Waals surface area contributed by atoms with E-state index in [2.05, 4.69) is 15.0 Å². The molecule has 98 valence electrons. The van der Waals surface area contributed by atoms with Crippen LogP contribution >= 0.6 is 11.3 Å². The second kappa shape index (κ2) is 4.58. The number of carboxylic acids is 1. The number of methoxy groups -OCH3 is 1. The van der Waals surface area contributed by atoms with Gasteiger partial charge in [-0.3, -0.25) is 0 Å². The van der Waals surface area contributed by atoms with E-state index in [-0.39, 0.29) is 0 Å². The fourth-order valence-corrected chi connectivity index (χ4v) is 2.75. The second-order valence-corrected chi connectivity index (χ2v) is 5.26.